The van der Waals surface area contributed by atoms with Crippen molar-refractivity contribution in [1.82, 2.24) is 39.0 Å². The molecule has 6 rings (SSSR count). The Bertz CT molecular complexity index is 1750. The van der Waals surface area contributed by atoms with Crippen LogP contribution in [0, 0.1) is 11.8 Å². The van der Waals surface area contributed by atoms with E-state index in [1.807, 2.05) is 18.1 Å². The van der Waals surface area contributed by atoms with Crippen molar-refractivity contribution < 1.29 is 17.6 Å². The summed E-state index contributed by atoms with van der Waals surface area (Å²) in [5.74, 6) is 7.71. The summed E-state index contributed by atoms with van der Waals surface area (Å²) in [6, 6.07) is 3.63. The molecule has 1 aliphatic heterocycles. The van der Waals surface area contributed by atoms with E-state index in [1.54, 1.807) is 30.9 Å². The fourth-order valence-corrected chi connectivity index (χ4v) is 6.14. The molecule has 43 heavy (non-hydrogen) atoms. The van der Waals surface area contributed by atoms with E-state index in [2.05, 4.69) is 47.2 Å². The highest BCUT2D eigenvalue weighted by Gasteiger charge is 2.37. The fraction of sp³-hybridized carbons (Fsp3) is 0.393. The van der Waals surface area contributed by atoms with E-state index in [0.717, 1.165) is 41.5 Å². The summed E-state index contributed by atoms with van der Waals surface area (Å²) in [4.78, 5) is 21.4. The minimum atomic E-state index is -3.48. The zero-order valence-electron chi connectivity index (χ0n) is 23.6. The van der Waals surface area contributed by atoms with Crippen LogP contribution in [0.4, 0.5) is 21.7 Å². The number of pyridine rings is 1. The van der Waals surface area contributed by atoms with E-state index in [-0.39, 0.29) is 11.8 Å². The predicted molar refractivity (Wildman–Crippen MR) is 158 cm³/mol. The molecular weight excluding hydrogens is 575 g/mol. The largest absolute Gasteiger partial charge is 0.368 e. The molecule has 2 fully saturated rings. The third-order valence-electron chi connectivity index (χ3n) is 7.00. The first-order valence-electron chi connectivity index (χ1n) is 14.1. The fourth-order valence-electron chi connectivity index (χ4n) is 4.66. The summed E-state index contributed by atoms with van der Waals surface area (Å²) in [5, 5.41) is 13.0. The summed E-state index contributed by atoms with van der Waals surface area (Å²) < 4.78 is 40.3. The summed E-state index contributed by atoms with van der Waals surface area (Å²) in [6.07, 6.45) is 10.8. The molecule has 0 aromatic carbocycles. The molecular formula is C28H31FN10O3S. The zero-order valence-corrected chi connectivity index (χ0v) is 24.4. The second kappa shape index (κ2) is 12.5. The third-order valence-corrected chi connectivity index (χ3v) is 9.03. The molecule has 1 saturated heterocycles. The molecule has 0 atom stereocenters. The van der Waals surface area contributed by atoms with Crippen LogP contribution in [-0.4, -0.2) is 92.1 Å². The predicted octanol–water partition coefficient (Wildman–Crippen LogP) is 2.46. The molecule has 1 saturated carbocycles. The maximum atomic E-state index is 12.7. The maximum absolute atomic E-state index is 12.7. The minimum absolute atomic E-state index is 0.186. The lowest BCUT2D eigenvalue weighted by atomic mass is 10.1. The standard InChI is InChI=1S/C28H31FN10O3S/c1-2-42-38-13-11-36(12-14-38)25-15-27(31-17-22(25)4-3-21-16-32-37(19-21)10-8-29)34-26-7-9-30-28(35-26)23-18-33-39(20-23)43(40,41)24-5-6-24/h7,9,15-20,24H,2,5-6,8,10-14H2,1H3,(H,30,31,34,35). The second-order valence-electron chi connectivity index (χ2n) is 10.1. The van der Waals surface area contributed by atoms with Gasteiger partial charge in [-0.05, 0) is 25.8 Å². The number of halogens is 1. The summed E-state index contributed by atoms with van der Waals surface area (Å²) in [5.41, 5.74) is 2.82. The van der Waals surface area contributed by atoms with Crippen LogP contribution >= 0.6 is 0 Å². The van der Waals surface area contributed by atoms with Gasteiger partial charge in [-0.3, -0.25) is 9.52 Å². The van der Waals surface area contributed by atoms with Crippen molar-refractivity contribution in [3.05, 3.63) is 60.4 Å². The van der Waals surface area contributed by atoms with Crippen molar-refractivity contribution in [3.63, 3.8) is 0 Å². The average Bonchev–Trinajstić information content (AvgIpc) is 3.59. The van der Waals surface area contributed by atoms with E-state index in [0.29, 0.717) is 48.0 Å². The summed E-state index contributed by atoms with van der Waals surface area (Å²) >= 11 is 0. The van der Waals surface area contributed by atoms with Gasteiger partial charge in [-0.15, -0.1) is 0 Å². The number of rotatable bonds is 10. The molecule has 0 radical (unpaired) electrons. The lowest BCUT2D eigenvalue weighted by Crippen LogP contribution is -2.46. The van der Waals surface area contributed by atoms with Crippen LogP contribution in [0.15, 0.2) is 49.3 Å². The molecule has 1 aliphatic carbocycles. The SMILES string of the molecule is CCON1CCN(c2cc(Nc3ccnc(-c4cnn(S(=O)(=O)C5CC5)c4)n3)ncc2C#Cc2cnn(CCF)c2)CC1. The lowest BCUT2D eigenvalue weighted by molar-refractivity contribution is -0.156. The normalized spacial score (nSPS) is 15.7. The van der Waals surface area contributed by atoms with E-state index >= 15 is 0 Å². The number of hydrogen-bond donors (Lipinski definition) is 1. The van der Waals surface area contributed by atoms with Crippen molar-refractivity contribution in [3.8, 4) is 23.2 Å². The van der Waals surface area contributed by atoms with Gasteiger partial charge in [-0.25, -0.2) is 27.8 Å². The zero-order chi connectivity index (χ0) is 29.8. The van der Waals surface area contributed by atoms with E-state index < -0.39 is 16.7 Å². The number of nitrogens with one attached hydrogen (secondary N) is 1. The molecule has 0 amide bonds. The first kappa shape index (κ1) is 28.7. The Morgan fingerprint density at radius 2 is 1.88 bits per heavy atom. The van der Waals surface area contributed by atoms with Gasteiger partial charge in [0.15, 0.2) is 5.82 Å². The van der Waals surface area contributed by atoms with Gasteiger partial charge < -0.3 is 10.2 Å². The van der Waals surface area contributed by atoms with Crippen LogP contribution < -0.4 is 10.2 Å². The van der Waals surface area contributed by atoms with Gasteiger partial charge in [0, 0.05) is 50.8 Å². The van der Waals surface area contributed by atoms with Crippen molar-refractivity contribution in [2.75, 3.05) is 49.7 Å². The topological polar surface area (TPSA) is 136 Å². The average molecular weight is 607 g/mol. The number of aryl methyl sites for hydroxylation is 1. The van der Waals surface area contributed by atoms with Gasteiger partial charge in [-0.1, -0.05) is 11.8 Å². The molecule has 5 heterocycles. The summed E-state index contributed by atoms with van der Waals surface area (Å²) in [7, 11) is -3.48. The molecule has 0 spiro atoms. The number of hydroxylamine groups is 2. The minimum Gasteiger partial charge on any atom is -0.368 e. The Morgan fingerprint density at radius 3 is 2.65 bits per heavy atom. The van der Waals surface area contributed by atoms with Crippen LogP contribution in [0.3, 0.4) is 0 Å². The lowest BCUT2D eigenvalue weighted by Gasteiger charge is -2.35. The number of nitrogens with zero attached hydrogens (tertiary/aromatic N) is 9. The maximum Gasteiger partial charge on any atom is 0.256 e. The van der Waals surface area contributed by atoms with E-state index in [9.17, 15) is 12.8 Å². The van der Waals surface area contributed by atoms with Crippen LogP contribution in [-0.2, 0) is 21.4 Å². The van der Waals surface area contributed by atoms with Gasteiger partial charge in [0.05, 0.1) is 59.4 Å². The molecule has 0 unspecified atom stereocenters. The third kappa shape index (κ3) is 6.66. The van der Waals surface area contributed by atoms with Crippen molar-refractivity contribution in [1.29, 1.82) is 0 Å². The Labute approximate surface area is 248 Å². The van der Waals surface area contributed by atoms with Gasteiger partial charge in [0.1, 0.15) is 18.3 Å². The van der Waals surface area contributed by atoms with E-state index in [1.165, 1.54) is 17.1 Å². The molecule has 1 N–H and O–H groups in total. The molecule has 2 aliphatic rings. The smallest absolute Gasteiger partial charge is 0.256 e. The molecule has 15 heteroatoms. The van der Waals surface area contributed by atoms with E-state index in [4.69, 9.17) is 4.84 Å². The summed E-state index contributed by atoms with van der Waals surface area (Å²) in [6.45, 7) is 5.22. The molecule has 0 bridgehead atoms. The Hall–Kier alpha value is -4.39. The first-order chi connectivity index (χ1) is 20.9. The molecule has 4 aromatic rings. The van der Waals surface area contributed by atoms with Gasteiger partial charge in [-0.2, -0.15) is 19.3 Å². The van der Waals surface area contributed by atoms with Gasteiger partial charge >= 0.3 is 0 Å². The monoisotopic (exact) mass is 606 g/mol. The molecule has 13 nitrogen and oxygen atoms in total. The highest BCUT2D eigenvalue weighted by Crippen LogP contribution is 2.30. The Morgan fingerprint density at radius 1 is 1.05 bits per heavy atom. The van der Waals surface area contributed by atoms with Crippen molar-refractivity contribution in [2.45, 2.75) is 31.6 Å². The van der Waals surface area contributed by atoms with Crippen LogP contribution in [0.2, 0.25) is 0 Å². The van der Waals surface area contributed by atoms with Gasteiger partial charge in [0.2, 0.25) is 0 Å². The molecule has 4 aromatic heterocycles. The van der Waals surface area contributed by atoms with Crippen molar-refractivity contribution in [2.24, 2.45) is 0 Å². The number of anilines is 3. The van der Waals surface area contributed by atoms with Crippen LogP contribution in [0.25, 0.3) is 11.4 Å². The van der Waals surface area contributed by atoms with Crippen LogP contribution in [0.1, 0.15) is 30.9 Å². The number of aromatic nitrogens is 7. The van der Waals surface area contributed by atoms with Crippen LogP contribution in [0.5, 0.6) is 0 Å². The number of alkyl halides is 1. The number of piperazine rings is 1. The second-order valence-corrected chi connectivity index (χ2v) is 12.2. The van der Waals surface area contributed by atoms with Gasteiger partial charge in [0.25, 0.3) is 10.0 Å². The quantitative estimate of drug-likeness (QED) is 0.267. The highest BCUT2D eigenvalue weighted by atomic mass is 32.2. The molecule has 224 valence electrons. The first-order valence-corrected chi connectivity index (χ1v) is 15.6. The Kier molecular flexibility index (Phi) is 8.32. The number of hydrogen-bond acceptors (Lipinski definition) is 11. The van der Waals surface area contributed by atoms with Crippen molar-refractivity contribution >= 4 is 27.3 Å². The Balaban J connectivity index is 1.25. The highest BCUT2D eigenvalue weighted by molar-refractivity contribution is 7.90.